The highest BCUT2D eigenvalue weighted by molar-refractivity contribution is 6.91. The summed E-state index contributed by atoms with van der Waals surface area (Å²) in [4.78, 5) is 2.37. The van der Waals surface area contributed by atoms with E-state index < -0.39 is 21.9 Å². The summed E-state index contributed by atoms with van der Waals surface area (Å²) in [6, 6.07) is 12.9. The maximum Gasteiger partial charge on any atom is 0.211 e. The number of hydrogen-bond acceptors (Lipinski definition) is 2. The Labute approximate surface area is 278 Å². The molecule has 4 rings (SSSR count). The molecule has 0 amide bonds. The number of benzene rings is 2. The summed E-state index contributed by atoms with van der Waals surface area (Å²) < 4.78 is 7.08. The third-order valence-electron chi connectivity index (χ3n) is 11.8. The van der Waals surface area contributed by atoms with Crippen LogP contribution in [0.5, 0.6) is 5.75 Å². The molecule has 2 heterocycles. The number of fused-ring (bicyclic) bond motifs is 2. The minimum absolute atomic E-state index is 0.386. The molecular formula is C41H59NOSi2. The van der Waals surface area contributed by atoms with E-state index >= 15 is 0 Å². The molecule has 2 aromatic carbocycles. The Kier molecular flexibility index (Phi) is 9.78. The monoisotopic (exact) mass is 637 g/mol. The van der Waals surface area contributed by atoms with Crippen LogP contribution in [0.2, 0.25) is 33.2 Å². The Morgan fingerprint density at radius 1 is 0.644 bits per heavy atom. The normalized spacial score (nSPS) is 18.8. The van der Waals surface area contributed by atoms with Gasteiger partial charge in [0.15, 0.2) is 0 Å². The molecule has 0 aromatic heterocycles. The van der Waals surface area contributed by atoms with Crippen LogP contribution in [0, 0.1) is 22.9 Å². The highest BCUT2D eigenvalue weighted by atomic mass is 28.3. The van der Waals surface area contributed by atoms with Gasteiger partial charge in [-0.1, -0.05) is 113 Å². The van der Waals surface area contributed by atoms with Crippen LogP contribution in [0.15, 0.2) is 42.5 Å². The summed E-state index contributed by atoms with van der Waals surface area (Å²) in [6.45, 7) is 33.4. The first-order valence-corrected chi connectivity index (χ1v) is 21.8. The van der Waals surface area contributed by atoms with Gasteiger partial charge in [-0.2, -0.15) is 0 Å². The van der Waals surface area contributed by atoms with Crippen molar-refractivity contribution in [3.8, 4) is 28.7 Å². The molecule has 1 atom stereocenters. The zero-order chi connectivity index (χ0) is 33.7. The van der Waals surface area contributed by atoms with E-state index in [1.807, 2.05) is 0 Å². The molecule has 0 radical (unpaired) electrons. The molecule has 0 aliphatic carbocycles. The summed E-state index contributed by atoms with van der Waals surface area (Å²) in [5.74, 6) is 8.63. The zero-order valence-corrected chi connectivity index (χ0v) is 32.9. The van der Waals surface area contributed by atoms with Gasteiger partial charge in [-0.3, -0.25) is 0 Å². The average Bonchev–Trinajstić information content (AvgIpc) is 3.11. The number of ether oxygens (including phenoxy) is 1. The van der Waals surface area contributed by atoms with Crippen LogP contribution in [0.1, 0.15) is 119 Å². The van der Waals surface area contributed by atoms with E-state index in [1.165, 1.54) is 11.3 Å². The molecule has 1 spiro atoms. The standard InChI is InChI=1S/C41H59NOSi2/c1-28(2)44(29(3)4,30(5)6)26-23-35-20-21-36(24-27-45(31(7)8,32(9)10)33(11)12)39-38(35)40(13,14)41(42(39)15)25-22-34-18-16-17-19-37(34)43-41/h16-22,25,28-33H,1-15H3. The Morgan fingerprint density at radius 2 is 1.09 bits per heavy atom. The second-order valence-corrected chi connectivity index (χ2v) is 27.2. The van der Waals surface area contributed by atoms with E-state index in [4.69, 9.17) is 4.74 Å². The summed E-state index contributed by atoms with van der Waals surface area (Å²) >= 11 is 0. The fourth-order valence-electron chi connectivity index (χ4n) is 9.39. The molecular weight excluding hydrogens is 579 g/mol. The van der Waals surface area contributed by atoms with Crippen molar-refractivity contribution in [2.45, 2.75) is 141 Å². The fourth-order valence-corrected chi connectivity index (χ4v) is 19.8. The van der Waals surface area contributed by atoms with Crippen LogP contribution in [0.25, 0.3) is 6.08 Å². The van der Waals surface area contributed by atoms with Crippen molar-refractivity contribution in [1.82, 2.24) is 0 Å². The van der Waals surface area contributed by atoms with Gasteiger partial charge in [-0.05, 0) is 77.4 Å². The molecule has 4 heteroatoms. The van der Waals surface area contributed by atoms with Gasteiger partial charge in [-0.15, -0.1) is 11.1 Å². The molecule has 0 saturated heterocycles. The first-order valence-electron chi connectivity index (χ1n) is 17.4. The topological polar surface area (TPSA) is 12.5 Å². The minimum Gasteiger partial charge on any atom is -0.463 e. The first-order chi connectivity index (χ1) is 20.9. The maximum absolute atomic E-state index is 7.08. The third kappa shape index (κ3) is 5.35. The van der Waals surface area contributed by atoms with Gasteiger partial charge in [0, 0.05) is 29.3 Å². The summed E-state index contributed by atoms with van der Waals surface area (Å²) in [7, 11) is -1.67. The van der Waals surface area contributed by atoms with Gasteiger partial charge in [0.05, 0.1) is 11.1 Å². The molecule has 2 aliphatic rings. The maximum atomic E-state index is 7.08. The van der Waals surface area contributed by atoms with Crippen LogP contribution in [0.4, 0.5) is 5.69 Å². The molecule has 2 aromatic rings. The summed E-state index contributed by atoms with van der Waals surface area (Å²) in [6.07, 6.45) is 4.51. The fraction of sp³-hybridized carbons (Fsp3) is 0.561. The lowest BCUT2D eigenvalue weighted by Crippen LogP contribution is -2.58. The summed E-state index contributed by atoms with van der Waals surface area (Å²) in [5.41, 5.74) is 16.2. The smallest absolute Gasteiger partial charge is 0.211 e. The molecule has 1 unspecified atom stereocenters. The molecule has 45 heavy (non-hydrogen) atoms. The molecule has 0 fully saturated rings. The molecule has 0 saturated carbocycles. The Hall–Kier alpha value is -2.67. The van der Waals surface area contributed by atoms with Crippen LogP contribution >= 0.6 is 0 Å². The van der Waals surface area contributed by atoms with E-state index in [-0.39, 0.29) is 5.41 Å². The van der Waals surface area contributed by atoms with Crippen molar-refractivity contribution in [3.05, 3.63) is 64.7 Å². The Balaban J connectivity index is 2.04. The number of para-hydroxylation sites is 1. The lowest BCUT2D eigenvalue weighted by molar-refractivity contribution is 0.0581. The lowest BCUT2D eigenvalue weighted by atomic mass is 9.74. The molecule has 0 bridgehead atoms. The van der Waals surface area contributed by atoms with E-state index in [0.29, 0.717) is 33.2 Å². The van der Waals surface area contributed by atoms with Crippen molar-refractivity contribution in [2.24, 2.45) is 0 Å². The molecule has 0 N–H and O–H groups in total. The second kappa shape index (κ2) is 12.5. The van der Waals surface area contributed by atoms with Crippen molar-refractivity contribution in [2.75, 3.05) is 11.9 Å². The largest absolute Gasteiger partial charge is 0.463 e. The SMILES string of the molecule is CC(C)[Si](C#Cc1ccc(C#C[Si](C(C)C)(C(C)C)C(C)C)c2c1N(C)C1(C=Cc3ccccc3O1)C2(C)C)(C(C)C)C(C)C. The van der Waals surface area contributed by atoms with Crippen LogP contribution in [-0.2, 0) is 5.41 Å². The zero-order valence-electron chi connectivity index (χ0n) is 30.9. The highest BCUT2D eigenvalue weighted by Crippen LogP contribution is 2.56. The van der Waals surface area contributed by atoms with E-state index in [0.717, 1.165) is 22.4 Å². The van der Waals surface area contributed by atoms with Crippen LogP contribution in [-0.4, -0.2) is 28.9 Å². The van der Waals surface area contributed by atoms with Crippen molar-refractivity contribution < 1.29 is 4.74 Å². The quantitative estimate of drug-likeness (QED) is 0.231. The average molecular weight is 638 g/mol. The van der Waals surface area contributed by atoms with Gasteiger partial charge < -0.3 is 9.64 Å². The third-order valence-corrected chi connectivity index (χ3v) is 24.3. The van der Waals surface area contributed by atoms with Gasteiger partial charge in [0.2, 0.25) is 5.72 Å². The van der Waals surface area contributed by atoms with Crippen molar-refractivity contribution in [3.63, 3.8) is 0 Å². The second-order valence-electron chi connectivity index (χ2n) is 16.0. The number of anilines is 1. The number of rotatable bonds is 6. The van der Waals surface area contributed by atoms with Crippen LogP contribution in [0.3, 0.4) is 0 Å². The summed E-state index contributed by atoms with van der Waals surface area (Å²) in [5, 5.41) is 0. The first kappa shape index (κ1) is 35.2. The Bertz CT molecular complexity index is 1530. The predicted octanol–water partition coefficient (Wildman–Crippen LogP) is 11.4. The molecule has 242 valence electrons. The van der Waals surface area contributed by atoms with E-state index in [1.54, 1.807) is 0 Å². The molecule has 2 aliphatic heterocycles. The predicted molar refractivity (Wildman–Crippen MR) is 203 cm³/mol. The highest BCUT2D eigenvalue weighted by Gasteiger charge is 2.59. The van der Waals surface area contributed by atoms with Crippen molar-refractivity contribution >= 4 is 27.9 Å². The van der Waals surface area contributed by atoms with Crippen molar-refractivity contribution in [1.29, 1.82) is 0 Å². The van der Waals surface area contributed by atoms with E-state index in [2.05, 4.69) is 180 Å². The molecule has 2 nitrogen and oxygen atoms in total. The number of hydrogen-bond donors (Lipinski definition) is 0. The van der Waals surface area contributed by atoms with Gasteiger partial charge in [0.1, 0.15) is 21.9 Å². The van der Waals surface area contributed by atoms with Gasteiger partial charge in [0.25, 0.3) is 0 Å². The number of nitrogens with zero attached hydrogens (tertiary/aromatic N) is 1. The Morgan fingerprint density at radius 3 is 1.58 bits per heavy atom. The van der Waals surface area contributed by atoms with Gasteiger partial charge >= 0.3 is 0 Å². The van der Waals surface area contributed by atoms with E-state index in [9.17, 15) is 0 Å². The van der Waals surface area contributed by atoms with Crippen LogP contribution < -0.4 is 9.64 Å². The van der Waals surface area contributed by atoms with Gasteiger partial charge in [-0.25, -0.2) is 0 Å². The number of likely N-dealkylation sites (N-methyl/N-ethyl adjacent to an activating group) is 1. The lowest BCUT2D eigenvalue weighted by Gasteiger charge is -2.45. The minimum atomic E-state index is -1.94.